The second kappa shape index (κ2) is 51.2. The van der Waals surface area contributed by atoms with Crippen LogP contribution in [0.5, 0.6) is 0 Å². The standard InChI is InChI=1S/C54H56N4O9.C50H52N4O6.C4H4O3/c55-48(60)39-57(34-37-66-53(42-19-7-1-8-20-42,43-21-9-2-10-22-43)44-23-11-3-12-24-44)50(62)41-58(51(63)40-56(33-36-59)49(61)31-32-52(64)65)35-38-67-54(45-25-13-4-14-26-45,46-27-15-5-16-28-46)47-29-17-6-18-30-47;51-46(56)38-53(32-35-59-49(40-19-7-1-8-20-40,41-21-9-2-10-22-41)42-23-11-3-12-24-42)48(58)39-54(47(57)37-52-31-34-55)33-36-60-50(43-25-13-4-14-26-43,44-27-15-5-16-28-44)45-29-17-6-18-30-45;5-3-1-2-4(6)7-3/h1-30,59H,31-41H2,(H2,55,60)(H,64,65);1-30,52,55H,31-39H2,(H2,51,56);1-2H2. The largest absolute Gasteiger partial charge is 0.481 e. The number of benzene rings is 12. The molecule has 13 rings (SSSR count). The summed E-state index contributed by atoms with van der Waals surface area (Å²) in [5.41, 5.74) is 17.3. The molecule has 0 radical (unpaired) electrons. The van der Waals surface area contributed by atoms with Crippen LogP contribution >= 0.6 is 0 Å². The molecule has 0 atom stereocenters. The Bertz CT molecular complexity index is 5280. The number of carbonyl (C=O) groups is 10. The fourth-order valence-electron chi connectivity index (χ4n) is 16.2. The smallest absolute Gasteiger partial charge is 0.314 e. The lowest BCUT2D eigenvalue weighted by Gasteiger charge is -2.37. The zero-order valence-electron chi connectivity index (χ0n) is 74.6. The zero-order valence-corrected chi connectivity index (χ0v) is 74.6. The number of amides is 7. The molecule has 1 aliphatic rings. The number of carboxylic acid groups (broad SMARTS) is 1. The average Bonchev–Trinajstić information content (AvgIpc) is 0.998. The van der Waals surface area contributed by atoms with Crippen LogP contribution in [-0.2, 0) is 94.0 Å². The number of rotatable bonds is 47. The summed E-state index contributed by atoms with van der Waals surface area (Å²) in [4.78, 5) is 133. The molecule has 12 aromatic carbocycles. The van der Waals surface area contributed by atoms with Gasteiger partial charge in [-0.15, -0.1) is 0 Å². The van der Waals surface area contributed by atoms with Gasteiger partial charge in [-0.3, -0.25) is 47.9 Å². The van der Waals surface area contributed by atoms with E-state index in [2.05, 4.69) is 10.1 Å². The van der Waals surface area contributed by atoms with Crippen molar-refractivity contribution in [1.82, 2.24) is 29.8 Å². The monoisotopic (exact) mass is 1810 g/mol. The number of carbonyl (C=O) groups excluding carboxylic acids is 9. The van der Waals surface area contributed by atoms with Crippen molar-refractivity contribution in [3.8, 4) is 0 Å². The number of aliphatic hydroxyl groups excluding tert-OH is 2. The predicted molar refractivity (Wildman–Crippen MR) is 506 cm³/mol. The number of nitrogens with one attached hydrogen (secondary N) is 1. The number of aliphatic hydroxyl groups is 2. The van der Waals surface area contributed by atoms with E-state index < -0.39 is 115 Å². The molecule has 0 spiro atoms. The third-order valence-corrected chi connectivity index (χ3v) is 22.6. The summed E-state index contributed by atoms with van der Waals surface area (Å²) in [7, 11) is 0. The Balaban J connectivity index is 0.000000241. The highest BCUT2D eigenvalue weighted by molar-refractivity contribution is 5.93. The third-order valence-electron chi connectivity index (χ3n) is 22.6. The van der Waals surface area contributed by atoms with E-state index >= 15 is 0 Å². The molecule has 692 valence electrons. The minimum atomic E-state index is -1.20. The maximum atomic E-state index is 14.5. The Morgan fingerprint density at radius 1 is 0.284 bits per heavy atom. The van der Waals surface area contributed by atoms with Gasteiger partial charge in [0.15, 0.2) is 0 Å². The summed E-state index contributed by atoms with van der Waals surface area (Å²) in [6.07, 6.45) is -0.353. The molecule has 1 heterocycles. The van der Waals surface area contributed by atoms with Crippen LogP contribution in [0.3, 0.4) is 0 Å². The zero-order chi connectivity index (χ0) is 94.8. The van der Waals surface area contributed by atoms with Gasteiger partial charge in [0.25, 0.3) is 0 Å². The first kappa shape index (κ1) is 99.8. The number of primary amides is 2. The molecule has 0 unspecified atom stereocenters. The van der Waals surface area contributed by atoms with Crippen LogP contribution in [0.15, 0.2) is 364 Å². The number of hydrogen-bond acceptors (Lipinski definition) is 18. The van der Waals surface area contributed by atoms with Gasteiger partial charge in [0.2, 0.25) is 41.4 Å². The topological polar surface area (TPSA) is 358 Å². The highest BCUT2D eigenvalue weighted by Gasteiger charge is 2.43. The van der Waals surface area contributed by atoms with Gasteiger partial charge in [-0.2, -0.15) is 0 Å². The second-order valence-electron chi connectivity index (χ2n) is 31.4. The molecule has 26 heteroatoms. The van der Waals surface area contributed by atoms with Crippen LogP contribution in [-0.4, -0.2) is 217 Å². The number of nitrogens with zero attached hydrogens (tertiary/aromatic N) is 5. The number of cyclic esters (lactones) is 2. The van der Waals surface area contributed by atoms with Gasteiger partial charge in [0.05, 0.1) is 98.2 Å². The van der Waals surface area contributed by atoms with Crippen molar-refractivity contribution in [2.45, 2.75) is 48.1 Å². The van der Waals surface area contributed by atoms with E-state index in [9.17, 15) is 63.3 Å². The molecule has 26 nitrogen and oxygen atoms in total. The second-order valence-corrected chi connectivity index (χ2v) is 31.4. The molecule has 12 aromatic rings. The van der Waals surface area contributed by atoms with E-state index in [0.717, 1.165) is 71.7 Å². The SMILES string of the molecule is NC(=O)CN(CCOC(c1ccccc1)(c1ccccc1)c1ccccc1)C(=O)CN(CCOC(c1ccccc1)(c1ccccc1)c1ccccc1)C(=O)CN(CCO)C(=O)CCC(=O)O.NC(=O)CN(CCOC(c1ccccc1)(c1ccccc1)c1ccccc1)C(=O)CN(CCOC(c1ccccc1)(c1ccccc1)c1ccccc1)C(=O)CNCCO.O=C1CCC(=O)O1. The molecular formula is C108H112N8O18. The number of hydrogen-bond donors (Lipinski definition) is 6. The fourth-order valence-corrected chi connectivity index (χ4v) is 16.2. The number of carboxylic acids is 1. The predicted octanol–water partition coefficient (Wildman–Crippen LogP) is 11.4. The summed E-state index contributed by atoms with van der Waals surface area (Å²) < 4.78 is 31.8. The molecule has 0 aliphatic carbocycles. The van der Waals surface area contributed by atoms with Crippen molar-refractivity contribution in [1.29, 1.82) is 0 Å². The van der Waals surface area contributed by atoms with E-state index in [-0.39, 0.29) is 111 Å². The summed E-state index contributed by atoms with van der Waals surface area (Å²) in [5, 5.41) is 31.5. The summed E-state index contributed by atoms with van der Waals surface area (Å²) in [6.45, 7) is -3.49. The van der Waals surface area contributed by atoms with Crippen LogP contribution in [0.2, 0.25) is 0 Å². The average molecular weight is 1810 g/mol. The number of aliphatic carboxylic acids is 1. The van der Waals surface area contributed by atoms with Gasteiger partial charge in [0, 0.05) is 45.7 Å². The maximum absolute atomic E-state index is 14.5. The fraction of sp³-hybridized carbons (Fsp3) is 0.241. The minimum Gasteiger partial charge on any atom is -0.481 e. The minimum absolute atomic E-state index is 0.0104. The molecule has 1 aliphatic heterocycles. The molecule has 1 fully saturated rings. The molecule has 1 saturated heterocycles. The van der Waals surface area contributed by atoms with E-state index in [1.165, 1.54) is 19.6 Å². The Labute approximate surface area is 780 Å². The normalized spacial score (nSPS) is 11.9. The molecule has 134 heavy (non-hydrogen) atoms. The van der Waals surface area contributed by atoms with Crippen LogP contribution in [0, 0.1) is 0 Å². The van der Waals surface area contributed by atoms with E-state index in [1.807, 2.05) is 364 Å². The van der Waals surface area contributed by atoms with Crippen molar-refractivity contribution in [2.24, 2.45) is 11.5 Å². The first-order chi connectivity index (χ1) is 65.2. The number of nitrogens with two attached hydrogens (primary N) is 2. The van der Waals surface area contributed by atoms with Gasteiger partial charge in [-0.1, -0.05) is 364 Å². The summed E-state index contributed by atoms with van der Waals surface area (Å²) >= 11 is 0. The molecule has 7 amide bonds. The number of esters is 2. The van der Waals surface area contributed by atoms with Crippen LogP contribution < -0.4 is 16.8 Å². The molecule has 0 bridgehead atoms. The highest BCUT2D eigenvalue weighted by atomic mass is 16.6. The van der Waals surface area contributed by atoms with Crippen LogP contribution in [0.4, 0.5) is 0 Å². The van der Waals surface area contributed by atoms with Gasteiger partial charge in [-0.05, 0) is 66.8 Å². The van der Waals surface area contributed by atoms with E-state index in [0.29, 0.717) is 0 Å². The molecular weight excluding hydrogens is 1700 g/mol. The van der Waals surface area contributed by atoms with Crippen LogP contribution in [0.25, 0.3) is 0 Å². The Hall–Kier alpha value is -14.7. The van der Waals surface area contributed by atoms with Gasteiger partial charge in [-0.25, -0.2) is 0 Å². The third kappa shape index (κ3) is 26.8. The summed E-state index contributed by atoms with van der Waals surface area (Å²) in [6, 6.07) is 117. The van der Waals surface area contributed by atoms with Gasteiger partial charge >= 0.3 is 17.9 Å². The highest BCUT2D eigenvalue weighted by Crippen LogP contribution is 2.45. The van der Waals surface area contributed by atoms with Gasteiger partial charge < -0.3 is 80.3 Å². The lowest BCUT2D eigenvalue weighted by Crippen LogP contribution is -2.51. The molecule has 8 N–H and O–H groups in total. The van der Waals surface area contributed by atoms with Crippen molar-refractivity contribution < 1.29 is 86.9 Å². The van der Waals surface area contributed by atoms with E-state index in [4.69, 9.17) is 30.4 Å². The Kier molecular flexibility index (Phi) is 38.1. The van der Waals surface area contributed by atoms with Crippen molar-refractivity contribution in [2.75, 3.05) is 118 Å². The lowest BCUT2D eigenvalue weighted by atomic mass is 9.80. The summed E-state index contributed by atoms with van der Waals surface area (Å²) in [5.74, 6) is -6.31. The van der Waals surface area contributed by atoms with E-state index in [1.54, 1.807) is 0 Å². The first-order valence-corrected chi connectivity index (χ1v) is 44.3. The maximum Gasteiger partial charge on any atom is 0.314 e. The quantitative estimate of drug-likeness (QED) is 0.00893. The first-order valence-electron chi connectivity index (χ1n) is 44.3. The molecule has 0 saturated carbocycles. The Morgan fingerprint density at radius 2 is 0.485 bits per heavy atom. The van der Waals surface area contributed by atoms with Crippen LogP contribution in [0.1, 0.15) is 92.4 Å². The van der Waals surface area contributed by atoms with Crippen molar-refractivity contribution in [3.05, 3.63) is 431 Å². The lowest BCUT2D eigenvalue weighted by molar-refractivity contribution is -0.152. The number of ether oxygens (including phenoxy) is 5. The van der Waals surface area contributed by atoms with Gasteiger partial charge in [0.1, 0.15) is 22.4 Å². The Morgan fingerprint density at radius 3 is 0.664 bits per heavy atom. The molecule has 0 aromatic heterocycles. The van der Waals surface area contributed by atoms with Crippen molar-refractivity contribution in [3.63, 3.8) is 0 Å². The van der Waals surface area contributed by atoms with Crippen molar-refractivity contribution >= 4 is 59.3 Å².